The summed E-state index contributed by atoms with van der Waals surface area (Å²) in [5.74, 6) is 2.53. The van der Waals surface area contributed by atoms with Gasteiger partial charge in [-0.2, -0.15) is 0 Å². The first-order valence-corrected chi connectivity index (χ1v) is 11.7. The smallest absolute Gasteiger partial charge is 0.264 e. The lowest BCUT2D eigenvalue weighted by atomic mass is 10.1. The summed E-state index contributed by atoms with van der Waals surface area (Å²) in [6, 6.07) is 11.8. The van der Waals surface area contributed by atoms with E-state index in [1.54, 1.807) is 0 Å². The molecule has 2 aromatic rings. The van der Waals surface area contributed by atoms with Crippen molar-refractivity contribution >= 4 is 46.7 Å². The standard InChI is InChI=1S/C19H20N2O2S3/c22-17(14-3-5-15(6-4-14)19-25-12-13-26-19)20-7-9-21(10-8-20)18(23)16-2-1-11-24-16/h1-6,11,19H,7-10,12-13H2. The molecular formula is C19H20N2O2S3. The van der Waals surface area contributed by atoms with E-state index in [4.69, 9.17) is 0 Å². The van der Waals surface area contributed by atoms with E-state index < -0.39 is 0 Å². The molecule has 4 nitrogen and oxygen atoms in total. The molecule has 3 heterocycles. The zero-order valence-corrected chi connectivity index (χ0v) is 16.7. The Balaban J connectivity index is 1.35. The summed E-state index contributed by atoms with van der Waals surface area (Å²) in [7, 11) is 0. The number of hydrogen-bond donors (Lipinski definition) is 0. The average molecular weight is 405 g/mol. The second kappa shape index (κ2) is 8.06. The van der Waals surface area contributed by atoms with Crippen LogP contribution in [0.2, 0.25) is 0 Å². The number of thiophene rings is 1. The van der Waals surface area contributed by atoms with Gasteiger partial charge in [0.05, 0.1) is 9.46 Å². The molecule has 2 fully saturated rings. The van der Waals surface area contributed by atoms with Gasteiger partial charge < -0.3 is 9.80 Å². The number of rotatable bonds is 3. The van der Waals surface area contributed by atoms with Gasteiger partial charge in [-0.15, -0.1) is 34.9 Å². The summed E-state index contributed by atoms with van der Waals surface area (Å²) < 4.78 is 0.506. The van der Waals surface area contributed by atoms with Gasteiger partial charge in [0, 0.05) is 43.2 Å². The summed E-state index contributed by atoms with van der Waals surface area (Å²) in [5.41, 5.74) is 2.03. The van der Waals surface area contributed by atoms with Crippen LogP contribution >= 0.6 is 34.9 Å². The van der Waals surface area contributed by atoms with Crippen molar-refractivity contribution in [2.45, 2.75) is 4.58 Å². The number of hydrogen-bond acceptors (Lipinski definition) is 5. The third-order valence-corrected chi connectivity index (χ3v) is 8.60. The fourth-order valence-corrected chi connectivity index (χ4v) is 6.74. The van der Waals surface area contributed by atoms with Gasteiger partial charge in [-0.25, -0.2) is 0 Å². The Morgan fingerprint density at radius 1 is 0.846 bits per heavy atom. The summed E-state index contributed by atoms with van der Waals surface area (Å²) in [6.45, 7) is 2.36. The van der Waals surface area contributed by atoms with Crippen molar-refractivity contribution in [1.29, 1.82) is 0 Å². The van der Waals surface area contributed by atoms with Crippen LogP contribution in [0.15, 0.2) is 41.8 Å². The van der Waals surface area contributed by atoms with Crippen LogP contribution in [0.3, 0.4) is 0 Å². The Morgan fingerprint density at radius 2 is 1.46 bits per heavy atom. The fraction of sp³-hybridized carbons (Fsp3) is 0.368. The second-order valence-electron chi connectivity index (χ2n) is 6.26. The van der Waals surface area contributed by atoms with Gasteiger partial charge in [-0.05, 0) is 29.1 Å². The maximum atomic E-state index is 12.8. The van der Waals surface area contributed by atoms with Gasteiger partial charge in [-0.1, -0.05) is 18.2 Å². The minimum Gasteiger partial charge on any atom is -0.335 e. The van der Waals surface area contributed by atoms with Crippen molar-refractivity contribution in [2.24, 2.45) is 0 Å². The van der Waals surface area contributed by atoms with E-state index in [9.17, 15) is 9.59 Å². The molecule has 7 heteroatoms. The van der Waals surface area contributed by atoms with Gasteiger partial charge in [0.25, 0.3) is 11.8 Å². The number of nitrogens with zero attached hydrogens (tertiary/aromatic N) is 2. The van der Waals surface area contributed by atoms with Crippen LogP contribution in [0.4, 0.5) is 0 Å². The van der Waals surface area contributed by atoms with Crippen molar-refractivity contribution in [1.82, 2.24) is 9.80 Å². The van der Waals surface area contributed by atoms with Gasteiger partial charge in [0.2, 0.25) is 0 Å². The van der Waals surface area contributed by atoms with Gasteiger partial charge >= 0.3 is 0 Å². The van der Waals surface area contributed by atoms with E-state index in [2.05, 4.69) is 12.1 Å². The molecule has 0 spiro atoms. The van der Waals surface area contributed by atoms with Crippen LogP contribution in [0.25, 0.3) is 0 Å². The highest BCUT2D eigenvalue weighted by atomic mass is 32.2. The number of benzene rings is 1. The highest BCUT2D eigenvalue weighted by molar-refractivity contribution is 8.19. The van der Waals surface area contributed by atoms with E-state index in [0.29, 0.717) is 30.8 Å². The molecule has 2 saturated heterocycles. The van der Waals surface area contributed by atoms with E-state index in [1.165, 1.54) is 28.4 Å². The predicted molar refractivity (Wildman–Crippen MR) is 110 cm³/mol. The molecule has 1 aromatic heterocycles. The quantitative estimate of drug-likeness (QED) is 0.780. The predicted octanol–water partition coefficient (Wildman–Crippen LogP) is 3.82. The third kappa shape index (κ3) is 3.80. The summed E-state index contributed by atoms with van der Waals surface area (Å²) in [6.07, 6.45) is 0. The molecule has 0 atom stereocenters. The Labute approximate surface area is 165 Å². The molecule has 0 unspecified atom stereocenters. The maximum absolute atomic E-state index is 12.8. The molecule has 2 amide bonds. The normalized spacial score (nSPS) is 18.3. The number of carbonyl (C=O) groups excluding carboxylic acids is 2. The maximum Gasteiger partial charge on any atom is 0.264 e. The lowest BCUT2D eigenvalue weighted by Gasteiger charge is -2.34. The van der Waals surface area contributed by atoms with Crippen LogP contribution in [0.1, 0.15) is 30.2 Å². The van der Waals surface area contributed by atoms with Crippen LogP contribution < -0.4 is 0 Å². The Bertz CT molecular complexity index is 763. The molecule has 0 radical (unpaired) electrons. The van der Waals surface area contributed by atoms with Crippen molar-refractivity contribution in [3.05, 3.63) is 57.8 Å². The molecular weight excluding hydrogens is 384 g/mol. The van der Waals surface area contributed by atoms with Crippen molar-refractivity contribution in [2.75, 3.05) is 37.7 Å². The van der Waals surface area contributed by atoms with Crippen LogP contribution in [0.5, 0.6) is 0 Å². The molecule has 0 saturated carbocycles. The van der Waals surface area contributed by atoms with Gasteiger partial charge in [0.1, 0.15) is 0 Å². The lowest BCUT2D eigenvalue weighted by molar-refractivity contribution is 0.0538. The van der Waals surface area contributed by atoms with Crippen molar-refractivity contribution < 1.29 is 9.59 Å². The first kappa shape index (κ1) is 17.9. The van der Waals surface area contributed by atoms with Crippen molar-refractivity contribution in [3.8, 4) is 0 Å². The zero-order chi connectivity index (χ0) is 17.9. The van der Waals surface area contributed by atoms with Crippen LogP contribution in [0, 0.1) is 0 Å². The highest BCUT2D eigenvalue weighted by Gasteiger charge is 2.26. The number of thioether (sulfide) groups is 2. The first-order chi connectivity index (χ1) is 12.7. The fourth-order valence-electron chi connectivity index (χ4n) is 3.18. The molecule has 136 valence electrons. The Kier molecular flexibility index (Phi) is 5.57. The number of piperazine rings is 1. The van der Waals surface area contributed by atoms with Crippen LogP contribution in [-0.4, -0.2) is 59.3 Å². The molecule has 0 bridgehead atoms. The van der Waals surface area contributed by atoms with Gasteiger partial charge in [-0.3, -0.25) is 9.59 Å². The second-order valence-corrected chi connectivity index (χ2v) is 9.93. The highest BCUT2D eigenvalue weighted by Crippen LogP contribution is 2.45. The molecule has 0 aliphatic carbocycles. The molecule has 26 heavy (non-hydrogen) atoms. The third-order valence-electron chi connectivity index (χ3n) is 4.64. The molecule has 2 aliphatic rings. The van der Waals surface area contributed by atoms with E-state index >= 15 is 0 Å². The minimum atomic E-state index is 0.0616. The largest absolute Gasteiger partial charge is 0.335 e. The topological polar surface area (TPSA) is 40.6 Å². The van der Waals surface area contributed by atoms with E-state index in [-0.39, 0.29) is 11.8 Å². The Hall–Kier alpha value is -1.44. The number of amides is 2. The average Bonchev–Trinajstić information content (AvgIpc) is 3.41. The summed E-state index contributed by atoms with van der Waals surface area (Å²) in [5, 5.41) is 1.92. The molecule has 0 N–H and O–H groups in total. The summed E-state index contributed by atoms with van der Waals surface area (Å²) in [4.78, 5) is 29.6. The molecule has 2 aliphatic heterocycles. The first-order valence-electron chi connectivity index (χ1n) is 8.67. The Morgan fingerprint density at radius 3 is 2.04 bits per heavy atom. The molecule has 4 rings (SSSR count). The zero-order valence-electron chi connectivity index (χ0n) is 14.3. The number of carbonyl (C=O) groups is 2. The minimum absolute atomic E-state index is 0.0616. The SMILES string of the molecule is O=C(c1ccc(C2SCCS2)cc1)N1CCN(C(=O)c2cccs2)CC1. The van der Waals surface area contributed by atoms with Crippen LogP contribution in [-0.2, 0) is 0 Å². The van der Waals surface area contributed by atoms with E-state index in [0.717, 1.165) is 10.4 Å². The summed E-state index contributed by atoms with van der Waals surface area (Å²) >= 11 is 5.41. The van der Waals surface area contributed by atoms with Crippen molar-refractivity contribution in [3.63, 3.8) is 0 Å². The monoisotopic (exact) mass is 404 g/mol. The lowest BCUT2D eigenvalue weighted by Crippen LogP contribution is -2.50. The molecule has 1 aromatic carbocycles. The van der Waals surface area contributed by atoms with E-state index in [1.807, 2.05) is 63.0 Å². The van der Waals surface area contributed by atoms with Gasteiger partial charge in [0.15, 0.2) is 0 Å².